The third-order valence-corrected chi connectivity index (χ3v) is 6.47. The van der Waals surface area contributed by atoms with E-state index in [-0.39, 0.29) is 18.2 Å². The fourth-order valence-corrected chi connectivity index (χ4v) is 4.64. The quantitative estimate of drug-likeness (QED) is 0.554. The molecule has 2 aliphatic carbocycles. The van der Waals surface area contributed by atoms with Crippen LogP contribution in [0.5, 0.6) is 0 Å². The molecule has 3 unspecified atom stereocenters. The number of nitrogens with one attached hydrogen (secondary N) is 1. The number of aromatic nitrogens is 2. The molecule has 5 rings (SSSR count). The van der Waals surface area contributed by atoms with Gasteiger partial charge in [0.25, 0.3) is 0 Å². The van der Waals surface area contributed by atoms with E-state index in [0.29, 0.717) is 28.0 Å². The van der Waals surface area contributed by atoms with Crippen LogP contribution in [0.15, 0.2) is 78.9 Å². The maximum absolute atomic E-state index is 12.9. The number of carbonyl (C=O) groups is 1. The largest absolute Gasteiger partial charge is 0.382 e. The molecule has 0 radical (unpaired) electrons. The van der Waals surface area contributed by atoms with Crippen molar-refractivity contribution in [2.75, 3.05) is 5.32 Å². The number of anilines is 1. The van der Waals surface area contributed by atoms with E-state index in [0.717, 1.165) is 29.8 Å². The van der Waals surface area contributed by atoms with Gasteiger partial charge in [0.1, 0.15) is 11.8 Å². The van der Waals surface area contributed by atoms with Crippen LogP contribution in [0.25, 0.3) is 0 Å². The van der Waals surface area contributed by atoms with Gasteiger partial charge in [0, 0.05) is 10.9 Å². The second-order valence-corrected chi connectivity index (χ2v) is 8.89. The summed E-state index contributed by atoms with van der Waals surface area (Å²) in [5.41, 5.74) is 3.67. The van der Waals surface area contributed by atoms with Crippen LogP contribution in [0.2, 0.25) is 5.02 Å². The lowest BCUT2D eigenvalue weighted by Crippen LogP contribution is -2.26. The van der Waals surface area contributed by atoms with Crippen LogP contribution >= 0.6 is 11.6 Å². The van der Waals surface area contributed by atoms with Crippen LogP contribution < -0.4 is 5.32 Å². The van der Waals surface area contributed by atoms with Gasteiger partial charge in [0.15, 0.2) is 5.82 Å². The molecule has 1 amide bonds. The first kappa shape index (κ1) is 21.6. The third-order valence-electron chi connectivity index (χ3n) is 6.22. The van der Waals surface area contributed by atoms with Crippen LogP contribution in [-0.4, -0.2) is 21.0 Å². The highest BCUT2D eigenvalue weighted by molar-refractivity contribution is 6.30. The molecule has 2 N–H and O–H groups in total. The maximum Gasteiger partial charge on any atom is 0.229 e. The van der Waals surface area contributed by atoms with Crippen LogP contribution in [0, 0.1) is 5.92 Å². The zero-order valence-electron chi connectivity index (χ0n) is 18.0. The normalized spacial score (nSPS) is 19.5. The van der Waals surface area contributed by atoms with Crippen molar-refractivity contribution in [2.24, 2.45) is 5.92 Å². The van der Waals surface area contributed by atoms with Gasteiger partial charge in [0.2, 0.25) is 5.91 Å². The number of aliphatic hydroxyl groups excluding tert-OH is 1. The molecule has 166 valence electrons. The number of rotatable bonds is 5. The highest BCUT2D eigenvalue weighted by Crippen LogP contribution is 2.40. The zero-order chi connectivity index (χ0) is 22.8. The van der Waals surface area contributed by atoms with Gasteiger partial charge in [0.05, 0.1) is 17.8 Å². The second-order valence-electron chi connectivity index (χ2n) is 8.45. The number of hydrogen-bond donors (Lipinski definition) is 2. The molecule has 33 heavy (non-hydrogen) atoms. The molecule has 0 spiro atoms. The van der Waals surface area contributed by atoms with E-state index in [9.17, 15) is 9.90 Å². The average molecular weight is 458 g/mol. The molecule has 2 aliphatic rings. The molecule has 6 heteroatoms. The summed E-state index contributed by atoms with van der Waals surface area (Å²) in [5.74, 6) is 0.607. The van der Waals surface area contributed by atoms with Gasteiger partial charge in [-0.05, 0) is 42.0 Å². The summed E-state index contributed by atoms with van der Waals surface area (Å²) in [5, 5.41) is 14.7. The van der Waals surface area contributed by atoms with Crippen molar-refractivity contribution in [3.63, 3.8) is 0 Å². The number of carbonyl (C=O) groups excluding carboxylic acids is 1. The van der Waals surface area contributed by atoms with Gasteiger partial charge in [-0.1, -0.05) is 78.4 Å². The lowest BCUT2D eigenvalue weighted by Gasteiger charge is -2.31. The van der Waals surface area contributed by atoms with Crippen molar-refractivity contribution in [1.82, 2.24) is 9.97 Å². The summed E-state index contributed by atoms with van der Waals surface area (Å²) in [6.45, 7) is 0. The summed E-state index contributed by atoms with van der Waals surface area (Å²) in [7, 11) is 0. The molecule has 0 bridgehead atoms. The minimum Gasteiger partial charge on any atom is -0.382 e. The first-order valence-corrected chi connectivity index (χ1v) is 11.5. The van der Waals surface area contributed by atoms with Gasteiger partial charge < -0.3 is 10.4 Å². The minimum absolute atomic E-state index is 0.131. The van der Waals surface area contributed by atoms with Gasteiger partial charge in [-0.15, -0.1) is 0 Å². The molecule has 0 aliphatic heterocycles. The number of benzene rings is 2. The van der Waals surface area contributed by atoms with Gasteiger partial charge in [-0.3, -0.25) is 4.79 Å². The van der Waals surface area contributed by atoms with E-state index in [1.165, 1.54) is 0 Å². The Morgan fingerprint density at radius 1 is 1.06 bits per heavy atom. The van der Waals surface area contributed by atoms with Gasteiger partial charge in [-0.25, -0.2) is 9.97 Å². The van der Waals surface area contributed by atoms with E-state index >= 15 is 0 Å². The molecule has 2 aromatic carbocycles. The Balaban J connectivity index is 1.50. The number of fused-ring (bicyclic) bond motifs is 3. The minimum atomic E-state index is -1.00. The van der Waals surface area contributed by atoms with Gasteiger partial charge in [-0.2, -0.15) is 0 Å². The first-order valence-electron chi connectivity index (χ1n) is 11.1. The predicted molar refractivity (Wildman–Crippen MR) is 129 cm³/mol. The molecular formula is C27H24ClN3O2. The standard InChI is InChI=1S/C27H24ClN3O2/c28-20-13-10-17(11-14-20)16-23(32)30-27-25(26(33)19-7-2-1-3-8-19)31-24-21-9-5-4-6-18(21)12-15-22(24)29-27/h1-11,13-14,18,21,26,33H,12,15-16H2,(H,29,30,32). The van der Waals surface area contributed by atoms with E-state index in [1.54, 1.807) is 12.1 Å². The topological polar surface area (TPSA) is 75.1 Å². The highest BCUT2D eigenvalue weighted by atomic mass is 35.5. The lowest BCUT2D eigenvalue weighted by molar-refractivity contribution is -0.115. The Hall–Kier alpha value is -3.28. The highest BCUT2D eigenvalue weighted by Gasteiger charge is 2.32. The maximum atomic E-state index is 12.9. The third kappa shape index (κ3) is 4.61. The van der Waals surface area contributed by atoms with Gasteiger partial charge >= 0.3 is 0 Å². The number of halogens is 1. The molecule has 1 aromatic heterocycles. The summed E-state index contributed by atoms with van der Waals surface area (Å²) >= 11 is 5.95. The number of nitrogens with zero attached hydrogens (tertiary/aromatic N) is 2. The predicted octanol–water partition coefficient (Wildman–Crippen LogP) is 5.16. The molecule has 3 atom stereocenters. The van der Waals surface area contributed by atoms with E-state index < -0.39 is 6.10 Å². The molecule has 0 saturated heterocycles. The Morgan fingerprint density at radius 3 is 2.61 bits per heavy atom. The fraction of sp³-hybridized carbons (Fsp3) is 0.222. The molecule has 1 heterocycles. The van der Waals surface area contributed by atoms with Crippen molar-refractivity contribution in [1.29, 1.82) is 0 Å². The zero-order valence-corrected chi connectivity index (χ0v) is 18.7. The Bertz CT molecular complexity index is 1220. The van der Waals surface area contributed by atoms with Crippen LogP contribution in [0.4, 0.5) is 5.82 Å². The average Bonchev–Trinajstić information content (AvgIpc) is 2.85. The van der Waals surface area contributed by atoms with Crippen molar-refractivity contribution in [3.05, 3.63) is 112 Å². The Kier molecular flexibility index (Phi) is 6.07. The summed E-state index contributed by atoms with van der Waals surface area (Å²) < 4.78 is 0. The first-order chi connectivity index (χ1) is 16.1. The van der Waals surface area contributed by atoms with Crippen molar-refractivity contribution >= 4 is 23.3 Å². The number of amides is 1. The molecule has 0 fully saturated rings. The molecule has 3 aromatic rings. The number of aliphatic hydroxyl groups is 1. The monoisotopic (exact) mass is 457 g/mol. The van der Waals surface area contributed by atoms with Crippen LogP contribution in [0.3, 0.4) is 0 Å². The van der Waals surface area contributed by atoms with E-state index in [4.69, 9.17) is 21.6 Å². The number of allylic oxidation sites excluding steroid dienone is 4. The smallest absolute Gasteiger partial charge is 0.229 e. The van der Waals surface area contributed by atoms with Crippen LogP contribution in [0.1, 0.15) is 46.7 Å². The molecule has 5 nitrogen and oxygen atoms in total. The fourth-order valence-electron chi connectivity index (χ4n) is 4.51. The summed E-state index contributed by atoms with van der Waals surface area (Å²) in [4.78, 5) is 22.6. The van der Waals surface area contributed by atoms with Crippen molar-refractivity contribution < 1.29 is 9.90 Å². The molecule has 0 saturated carbocycles. The summed E-state index contributed by atoms with van der Waals surface area (Å²) in [6, 6.07) is 16.5. The van der Waals surface area contributed by atoms with E-state index in [1.807, 2.05) is 48.5 Å². The molecular weight excluding hydrogens is 434 g/mol. The van der Waals surface area contributed by atoms with E-state index in [2.05, 4.69) is 23.5 Å². The number of aryl methyl sites for hydroxylation is 1. The van der Waals surface area contributed by atoms with Crippen molar-refractivity contribution in [2.45, 2.75) is 31.3 Å². The number of hydrogen-bond acceptors (Lipinski definition) is 4. The lowest BCUT2D eigenvalue weighted by atomic mass is 9.77. The second kappa shape index (κ2) is 9.30. The summed E-state index contributed by atoms with van der Waals surface area (Å²) in [6.07, 6.45) is 9.40. The Labute approximate surface area is 197 Å². The van der Waals surface area contributed by atoms with Crippen molar-refractivity contribution in [3.8, 4) is 0 Å². The SMILES string of the molecule is O=C(Cc1ccc(Cl)cc1)Nc1nc2c(nc1C(O)c1ccccc1)C1C=CC=CC1CC2. The Morgan fingerprint density at radius 2 is 1.82 bits per heavy atom. The van der Waals surface area contributed by atoms with Crippen LogP contribution in [-0.2, 0) is 17.6 Å².